The average molecular weight is 170 g/mol. The van der Waals surface area contributed by atoms with Gasteiger partial charge in [-0.2, -0.15) is 0 Å². The molecule has 0 amide bonds. The van der Waals surface area contributed by atoms with E-state index in [9.17, 15) is 0 Å². The summed E-state index contributed by atoms with van der Waals surface area (Å²) >= 11 is 1.52. The van der Waals surface area contributed by atoms with Crippen LogP contribution in [0.15, 0.2) is 17.5 Å². The lowest BCUT2D eigenvalue weighted by Crippen LogP contribution is -1.73. The lowest BCUT2D eigenvalue weighted by atomic mass is 10.3. The first-order chi connectivity index (χ1) is 5.36. The minimum absolute atomic E-state index is 0.0598. The molecule has 60 valence electrons. The van der Waals surface area contributed by atoms with Crippen molar-refractivity contribution >= 4 is 17.4 Å². The zero-order valence-corrected chi connectivity index (χ0v) is 6.84. The molecule has 0 saturated carbocycles. The van der Waals surface area contributed by atoms with Crippen LogP contribution in [0.25, 0.3) is 6.08 Å². The van der Waals surface area contributed by atoms with Gasteiger partial charge in [-0.3, -0.25) is 0 Å². The summed E-state index contributed by atoms with van der Waals surface area (Å²) in [7, 11) is 0. The Hall–Kier alpha value is -0.640. The highest BCUT2D eigenvalue weighted by Crippen LogP contribution is 2.15. The quantitative estimate of drug-likeness (QED) is 0.716. The van der Waals surface area contributed by atoms with Crippen LogP contribution in [0.1, 0.15) is 10.4 Å². The highest BCUT2D eigenvalue weighted by molar-refractivity contribution is 7.10. The molecule has 0 aliphatic heterocycles. The van der Waals surface area contributed by atoms with Crippen LogP contribution in [0.5, 0.6) is 0 Å². The highest BCUT2D eigenvalue weighted by atomic mass is 32.1. The Bertz CT molecular complexity index is 240. The number of aliphatic hydroxyl groups is 2. The van der Waals surface area contributed by atoms with Crippen LogP contribution in [-0.4, -0.2) is 16.8 Å². The van der Waals surface area contributed by atoms with E-state index in [2.05, 4.69) is 0 Å². The van der Waals surface area contributed by atoms with Gasteiger partial charge in [0.1, 0.15) is 0 Å². The Morgan fingerprint density at radius 1 is 1.45 bits per heavy atom. The molecule has 1 aromatic rings. The van der Waals surface area contributed by atoms with E-state index in [-0.39, 0.29) is 13.2 Å². The van der Waals surface area contributed by atoms with Crippen molar-refractivity contribution < 1.29 is 10.2 Å². The average Bonchev–Trinajstić information content (AvgIpc) is 2.48. The second kappa shape index (κ2) is 4.28. The molecule has 1 aromatic heterocycles. The molecule has 0 aromatic carbocycles. The summed E-state index contributed by atoms with van der Waals surface area (Å²) in [5, 5.41) is 19.1. The molecule has 2 nitrogen and oxygen atoms in total. The molecular weight excluding hydrogens is 160 g/mol. The Morgan fingerprint density at radius 3 is 2.82 bits per heavy atom. The first kappa shape index (κ1) is 8.46. The second-order valence-electron chi connectivity index (χ2n) is 2.09. The minimum Gasteiger partial charge on any atom is -0.392 e. The highest BCUT2D eigenvalue weighted by Gasteiger charge is 1.93. The molecule has 0 atom stereocenters. The van der Waals surface area contributed by atoms with Crippen molar-refractivity contribution in [2.24, 2.45) is 0 Å². The van der Waals surface area contributed by atoms with E-state index in [0.717, 1.165) is 10.4 Å². The number of hydrogen-bond acceptors (Lipinski definition) is 3. The first-order valence-electron chi connectivity index (χ1n) is 3.32. The summed E-state index contributed by atoms with van der Waals surface area (Å²) in [6.45, 7) is 0.155. The molecule has 0 aliphatic carbocycles. The van der Waals surface area contributed by atoms with Gasteiger partial charge in [-0.05, 0) is 17.0 Å². The second-order valence-corrected chi connectivity index (χ2v) is 3.09. The third kappa shape index (κ3) is 2.46. The van der Waals surface area contributed by atoms with Crippen molar-refractivity contribution in [1.82, 2.24) is 0 Å². The van der Waals surface area contributed by atoms with E-state index < -0.39 is 0 Å². The van der Waals surface area contributed by atoms with Crippen molar-refractivity contribution in [3.8, 4) is 0 Å². The summed E-state index contributed by atoms with van der Waals surface area (Å²) in [4.78, 5) is 0.947. The summed E-state index contributed by atoms with van der Waals surface area (Å²) in [5.74, 6) is 0. The number of hydrogen-bond donors (Lipinski definition) is 2. The van der Waals surface area contributed by atoms with Gasteiger partial charge in [0.15, 0.2) is 0 Å². The summed E-state index contributed by atoms with van der Waals surface area (Å²) in [6, 6.07) is 1.90. The van der Waals surface area contributed by atoms with E-state index >= 15 is 0 Å². The summed E-state index contributed by atoms with van der Waals surface area (Å²) < 4.78 is 0. The van der Waals surface area contributed by atoms with Gasteiger partial charge in [-0.15, -0.1) is 11.3 Å². The molecule has 0 aliphatic rings. The molecule has 0 spiro atoms. The monoisotopic (exact) mass is 170 g/mol. The third-order valence-electron chi connectivity index (χ3n) is 1.25. The van der Waals surface area contributed by atoms with E-state index in [4.69, 9.17) is 10.2 Å². The topological polar surface area (TPSA) is 40.5 Å². The fraction of sp³-hybridized carbons (Fsp3) is 0.250. The number of rotatable bonds is 3. The van der Waals surface area contributed by atoms with Gasteiger partial charge < -0.3 is 10.2 Å². The predicted molar refractivity (Wildman–Crippen MR) is 46.4 cm³/mol. The smallest absolute Gasteiger partial charge is 0.0774 e. The maximum Gasteiger partial charge on any atom is 0.0774 e. The zero-order valence-electron chi connectivity index (χ0n) is 6.03. The molecule has 1 rings (SSSR count). The van der Waals surface area contributed by atoms with Crippen molar-refractivity contribution in [3.63, 3.8) is 0 Å². The van der Waals surface area contributed by atoms with Crippen LogP contribution in [0, 0.1) is 0 Å². The normalized spacial score (nSPS) is 11.1. The minimum atomic E-state index is 0.0598. The van der Waals surface area contributed by atoms with Crippen LogP contribution < -0.4 is 0 Å². The molecule has 2 N–H and O–H groups in total. The molecule has 0 fully saturated rings. The lowest BCUT2D eigenvalue weighted by Gasteiger charge is -1.82. The summed E-state index contributed by atoms with van der Waals surface area (Å²) in [5.41, 5.74) is 1.04. The largest absolute Gasteiger partial charge is 0.392 e. The third-order valence-corrected chi connectivity index (χ3v) is 2.19. The molecule has 0 radical (unpaired) electrons. The SMILES string of the molecule is OCC=Cc1csc(CO)c1. The van der Waals surface area contributed by atoms with Crippen molar-refractivity contribution in [3.05, 3.63) is 28.0 Å². The van der Waals surface area contributed by atoms with E-state index in [1.54, 1.807) is 6.08 Å². The Morgan fingerprint density at radius 2 is 2.27 bits per heavy atom. The van der Waals surface area contributed by atoms with Crippen molar-refractivity contribution in [1.29, 1.82) is 0 Å². The molecule has 0 saturated heterocycles. The molecule has 3 heteroatoms. The van der Waals surface area contributed by atoms with E-state index in [1.807, 2.05) is 17.5 Å². The maximum absolute atomic E-state index is 8.71. The van der Waals surface area contributed by atoms with Crippen LogP contribution in [-0.2, 0) is 6.61 Å². The predicted octanol–water partition coefficient (Wildman–Crippen LogP) is 1.25. The molecular formula is C8H10O2S. The van der Waals surface area contributed by atoms with Gasteiger partial charge in [0.2, 0.25) is 0 Å². The van der Waals surface area contributed by atoms with Crippen molar-refractivity contribution in [2.45, 2.75) is 6.61 Å². The molecule has 0 bridgehead atoms. The number of thiophene rings is 1. The first-order valence-corrected chi connectivity index (χ1v) is 4.20. The van der Waals surface area contributed by atoms with Gasteiger partial charge in [-0.1, -0.05) is 12.2 Å². The molecule has 11 heavy (non-hydrogen) atoms. The van der Waals surface area contributed by atoms with Crippen LogP contribution >= 0.6 is 11.3 Å². The summed E-state index contributed by atoms with van der Waals surface area (Å²) in [6.07, 6.45) is 3.50. The fourth-order valence-electron chi connectivity index (χ4n) is 0.757. The fourth-order valence-corrected chi connectivity index (χ4v) is 1.47. The Kier molecular flexibility index (Phi) is 3.29. The molecule has 1 heterocycles. The van der Waals surface area contributed by atoms with Crippen LogP contribution in [0.2, 0.25) is 0 Å². The van der Waals surface area contributed by atoms with Gasteiger partial charge in [0, 0.05) is 4.88 Å². The lowest BCUT2D eigenvalue weighted by molar-refractivity contribution is 0.285. The van der Waals surface area contributed by atoms with Gasteiger partial charge in [0.05, 0.1) is 13.2 Å². The van der Waals surface area contributed by atoms with E-state index in [0.29, 0.717) is 0 Å². The van der Waals surface area contributed by atoms with Gasteiger partial charge in [-0.25, -0.2) is 0 Å². The van der Waals surface area contributed by atoms with E-state index in [1.165, 1.54) is 11.3 Å². The standard InChI is InChI=1S/C8H10O2S/c9-3-1-2-7-4-8(5-10)11-6-7/h1-2,4,6,9-10H,3,5H2. The Balaban J connectivity index is 2.65. The van der Waals surface area contributed by atoms with Gasteiger partial charge >= 0.3 is 0 Å². The van der Waals surface area contributed by atoms with Crippen LogP contribution in [0.4, 0.5) is 0 Å². The maximum atomic E-state index is 8.71. The Labute approximate surface area is 69.4 Å². The zero-order chi connectivity index (χ0) is 8.10. The number of aliphatic hydroxyl groups excluding tert-OH is 2. The molecule has 0 unspecified atom stereocenters. The van der Waals surface area contributed by atoms with Gasteiger partial charge in [0.25, 0.3) is 0 Å². The van der Waals surface area contributed by atoms with Crippen molar-refractivity contribution in [2.75, 3.05) is 6.61 Å². The van der Waals surface area contributed by atoms with Crippen LogP contribution in [0.3, 0.4) is 0 Å².